The molecule has 7 nitrogen and oxygen atoms in total. The van der Waals surface area contributed by atoms with Gasteiger partial charge in [0.05, 0.1) is 28.9 Å². The molecule has 140 valence electrons. The molecule has 0 radical (unpaired) electrons. The standard InChI is InChI=1S/C20H22N4O3/c1-11-18(12(2)27-23-11)13-4-5-16-15(8-13)19(22-10-21-16)17-9-14(20(25)26)6-7-24(17)3/h4-5,8,10,14,17H,6-7,9H2,1-3H3,(H,25,26). The number of nitrogens with zero attached hydrogens (tertiary/aromatic N) is 4. The number of fused-ring (bicyclic) bond motifs is 1. The quantitative estimate of drug-likeness (QED) is 0.759. The van der Waals surface area contributed by atoms with Gasteiger partial charge in [0.25, 0.3) is 0 Å². The monoisotopic (exact) mass is 366 g/mol. The molecule has 4 rings (SSSR count). The minimum atomic E-state index is -0.733. The van der Waals surface area contributed by atoms with Crippen LogP contribution in [0.15, 0.2) is 29.0 Å². The molecule has 3 heterocycles. The van der Waals surface area contributed by atoms with Gasteiger partial charge in [0, 0.05) is 10.9 Å². The molecule has 2 atom stereocenters. The van der Waals surface area contributed by atoms with Crippen molar-refractivity contribution in [3.63, 3.8) is 0 Å². The molecule has 3 aromatic rings. The second-order valence-corrected chi connectivity index (χ2v) is 7.25. The summed E-state index contributed by atoms with van der Waals surface area (Å²) in [7, 11) is 2.02. The van der Waals surface area contributed by atoms with Gasteiger partial charge in [-0.3, -0.25) is 9.69 Å². The zero-order chi connectivity index (χ0) is 19.1. The third kappa shape index (κ3) is 3.08. The summed E-state index contributed by atoms with van der Waals surface area (Å²) in [6.45, 7) is 4.55. The van der Waals surface area contributed by atoms with Crippen LogP contribution < -0.4 is 0 Å². The smallest absolute Gasteiger partial charge is 0.306 e. The molecule has 27 heavy (non-hydrogen) atoms. The lowest BCUT2D eigenvalue weighted by atomic mass is 9.88. The molecular formula is C20H22N4O3. The second kappa shape index (κ2) is 6.74. The Kier molecular flexibility index (Phi) is 4.39. The van der Waals surface area contributed by atoms with Crippen LogP contribution in [0.2, 0.25) is 0 Å². The van der Waals surface area contributed by atoms with Crippen LogP contribution in [0, 0.1) is 19.8 Å². The summed E-state index contributed by atoms with van der Waals surface area (Å²) in [6, 6.07) is 6.00. The van der Waals surface area contributed by atoms with E-state index in [1.807, 2.05) is 33.0 Å². The van der Waals surface area contributed by atoms with E-state index in [1.54, 1.807) is 6.33 Å². The van der Waals surface area contributed by atoms with Crippen LogP contribution in [0.5, 0.6) is 0 Å². The molecule has 0 bridgehead atoms. The number of carboxylic acids is 1. The van der Waals surface area contributed by atoms with Gasteiger partial charge in [0.15, 0.2) is 0 Å². The SMILES string of the molecule is Cc1noc(C)c1-c1ccc2ncnc(C3CC(C(=O)O)CCN3C)c2c1. The van der Waals surface area contributed by atoms with E-state index in [2.05, 4.69) is 26.1 Å². The zero-order valence-electron chi connectivity index (χ0n) is 15.6. The largest absolute Gasteiger partial charge is 0.481 e. The maximum absolute atomic E-state index is 11.5. The predicted molar refractivity (Wildman–Crippen MR) is 100 cm³/mol. The first-order chi connectivity index (χ1) is 13.0. The van der Waals surface area contributed by atoms with Crippen LogP contribution in [0.1, 0.15) is 36.0 Å². The Morgan fingerprint density at radius 3 is 2.81 bits per heavy atom. The van der Waals surface area contributed by atoms with Crippen molar-refractivity contribution in [1.29, 1.82) is 0 Å². The number of rotatable bonds is 3. The molecule has 1 aliphatic rings. The normalized spacial score (nSPS) is 20.9. The number of aromatic nitrogens is 3. The van der Waals surface area contributed by atoms with Crippen LogP contribution >= 0.6 is 0 Å². The highest BCUT2D eigenvalue weighted by Gasteiger charge is 2.33. The molecule has 0 amide bonds. The molecule has 0 spiro atoms. The number of aliphatic carboxylic acids is 1. The first-order valence-corrected chi connectivity index (χ1v) is 9.06. The van der Waals surface area contributed by atoms with E-state index in [4.69, 9.17) is 4.52 Å². The highest BCUT2D eigenvalue weighted by molar-refractivity contribution is 5.87. The van der Waals surface area contributed by atoms with Crippen LogP contribution in [0.3, 0.4) is 0 Å². The van der Waals surface area contributed by atoms with Gasteiger partial charge < -0.3 is 9.63 Å². The Labute approximate surface area is 157 Å². The number of hydrogen-bond acceptors (Lipinski definition) is 6. The van der Waals surface area contributed by atoms with Crippen LogP contribution in [-0.2, 0) is 4.79 Å². The molecule has 1 aliphatic heterocycles. The van der Waals surface area contributed by atoms with Gasteiger partial charge >= 0.3 is 5.97 Å². The number of hydrogen-bond donors (Lipinski definition) is 1. The van der Waals surface area contributed by atoms with Crippen molar-refractivity contribution in [2.45, 2.75) is 32.7 Å². The lowest BCUT2D eigenvalue weighted by molar-refractivity contribution is -0.144. The third-order valence-electron chi connectivity index (χ3n) is 5.52. The minimum Gasteiger partial charge on any atom is -0.481 e. The average molecular weight is 366 g/mol. The van der Waals surface area contributed by atoms with Crippen molar-refractivity contribution in [3.8, 4) is 11.1 Å². The van der Waals surface area contributed by atoms with Gasteiger partial charge in [0.2, 0.25) is 0 Å². The molecule has 1 fully saturated rings. The molecule has 2 unspecified atom stereocenters. The van der Waals surface area contributed by atoms with Crippen molar-refractivity contribution in [1.82, 2.24) is 20.0 Å². The van der Waals surface area contributed by atoms with Gasteiger partial charge in [-0.15, -0.1) is 0 Å². The van der Waals surface area contributed by atoms with Crippen molar-refractivity contribution in [2.75, 3.05) is 13.6 Å². The Hall–Kier alpha value is -2.80. The maximum Gasteiger partial charge on any atom is 0.306 e. The van der Waals surface area contributed by atoms with Crippen molar-refractivity contribution >= 4 is 16.9 Å². The molecule has 7 heteroatoms. The third-order valence-corrected chi connectivity index (χ3v) is 5.52. The summed E-state index contributed by atoms with van der Waals surface area (Å²) in [5.74, 6) is -0.309. The molecule has 0 saturated carbocycles. The van der Waals surface area contributed by atoms with E-state index in [0.29, 0.717) is 12.8 Å². The Bertz CT molecular complexity index is 994. The van der Waals surface area contributed by atoms with E-state index in [-0.39, 0.29) is 12.0 Å². The number of piperidine rings is 1. The fraction of sp³-hybridized carbons (Fsp3) is 0.400. The van der Waals surface area contributed by atoms with Crippen LogP contribution in [0.25, 0.3) is 22.0 Å². The van der Waals surface area contributed by atoms with Crippen molar-refractivity contribution in [2.24, 2.45) is 5.92 Å². The Morgan fingerprint density at radius 1 is 1.30 bits per heavy atom. The summed E-state index contributed by atoms with van der Waals surface area (Å²) >= 11 is 0. The zero-order valence-corrected chi connectivity index (χ0v) is 15.6. The van der Waals surface area contributed by atoms with E-state index < -0.39 is 5.97 Å². The van der Waals surface area contributed by atoms with E-state index in [0.717, 1.165) is 45.7 Å². The molecular weight excluding hydrogens is 344 g/mol. The highest BCUT2D eigenvalue weighted by Crippen LogP contribution is 2.37. The summed E-state index contributed by atoms with van der Waals surface area (Å²) < 4.78 is 5.31. The highest BCUT2D eigenvalue weighted by atomic mass is 16.5. The first-order valence-electron chi connectivity index (χ1n) is 9.06. The van der Waals surface area contributed by atoms with Gasteiger partial charge in [-0.25, -0.2) is 9.97 Å². The van der Waals surface area contributed by atoms with E-state index >= 15 is 0 Å². The molecule has 2 aromatic heterocycles. The lowest BCUT2D eigenvalue weighted by Crippen LogP contribution is -2.37. The number of carbonyl (C=O) groups is 1. The van der Waals surface area contributed by atoms with E-state index in [1.165, 1.54) is 0 Å². The molecule has 1 aromatic carbocycles. The number of benzene rings is 1. The van der Waals surface area contributed by atoms with Gasteiger partial charge in [-0.1, -0.05) is 11.2 Å². The van der Waals surface area contributed by atoms with Crippen LogP contribution in [-0.4, -0.2) is 44.7 Å². The number of aryl methyl sites for hydroxylation is 2. The van der Waals surface area contributed by atoms with Gasteiger partial charge in [-0.2, -0.15) is 0 Å². The van der Waals surface area contributed by atoms with E-state index in [9.17, 15) is 9.90 Å². The summed E-state index contributed by atoms with van der Waals surface area (Å²) in [6.07, 6.45) is 2.77. The summed E-state index contributed by atoms with van der Waals surface area (Å²) in [5.41, 5.74) is 4.55. The minimum absolute atomic E-state index is 0.0507. The average Bonchev–Trinajstić information content (AvgIpc) is 2.99. The summed E-state index contributed by atoms with van der Waals surface area (Å²) in [4.78, 5) is 22.7. The topological polar surface area (TPSA) is 92.3 Å². The molecule has 0 aliphatic carbocycles. The van der Waals surface area contributed by atoms with Crippen LogP contribution in [0.4, 0.5) is 0 Å². The number of likely N-dealkylation sites (tertiary alicyclic amines) is 1. The predicted octanol–water partition coefficient (Wildman–Crippen LogP) is 3.37. The van der Waals surface area contributed by atoms with Gasteiger partial charge in [-0.05, 0) is 58.0 Å². The Balaban J connectivity index is 1.83. The Morgan fingerprint density at radius 2 is 2.11 bits per heavy atom. The summed E-state index contributed by atoms with van der Waals surface area (Å²) in [5, 5.41) is 14.5. The number of carboxylic acid groups (broad SMARTS) is 1. The second-order valence-electron chi connectivity index (χ2n) is 7.25. The van der Waals surface area contributed by atoms with Gasteiger partial charge in [0.1, 0.15) is 12.1 Å². The lowest BCUT2D eigenvalue weighted by Gasteiger charge is -2.35. The molecule has 1 N–H and O–H groups in total. The van der Waals surface area contributed by atoms with Crippen molar-refractivity contribution < 1.29 is 14.4 Å². The van der Waals surface area contributed by atoms with Crippen molar-refractivity contribution in [3.05, 3.63) is 41.7 Å². The fourth-order valence-electron chi connectivity index (χ4n) is 4.02. The maximum atomic E-state index is 11.5. The fourth-order valence-corrected chi connectivity index (χ4v) is 4.02. The first kappa shape index (κ1) is 17.6. The molecule has 1 saturated heterocycles.